The molecule has 0 aliphatic rings. The van der Waals surface area contributed by atoms with E-state index in [0.717, 1.165) is 17.6 Å². The summed E-state index contributed by atoms with van der Waals surface area (Å²) in [6.45, 7) is 0.743. The first kappa shape index (κ1) is 12.6. The van der Waals surface area contributed by atoms with E-state index < -0.39 is 0 Å². The van der Waals surface area contributed by atoms with Gasteiger partial charge in [-0.05, 0) is 28.5 Å². The molecule has 3 nitrogen and oxygen atoms in total. The summed E-state index contributed by atoms with van der Waals surface area (Å²) in [5.41, 5.74) is 3.63. The van der Waals surface area contributed by atoms with Crippen LogP contribution in [0.15, 0.2) is 67.0 Å². The van der Waals surface area contributed by atoms with Crippen molar-refractivity contribution in [2.75, 3.05) is 0 Å². The van der Waals surface area contributed by atoms with Crippen molar-refractivity contribution >= 4 is 21.8 Å². The van der Waals surface area contributed by atoms with Gasteiger partial charge in [-0.1, -0.05) is 48.5 Å². The Hall–Kier alpha value is -3.12. The van der Waals surface area contributed by atoms with Crippen molar-refractivity contribution in [1.82, 2.24) is 9.55 Å². The van der Waals surface area contributed by atoms with Gasteiger partial charge in [-0.25, -0.2) is 4.98 Å². The van der Waals surface area contributed by atoms with E-state index in [1.54, 1.807) is 6.07 Å². The second-order valence-corrected chi connectivity index (χ2v) is 5.30. The minimum Gasteiger partial charge on any atom is -0.326 e. The molecule has 0 aliphatic heterocycles. The summed E-state index contributed by atoms with van der Waals surface area (Å²) in [7, 11) is 0. The maximum atomic E-state index is 9.18. The summed E-state index contributed by atoms with van der Waals surface area (Å²) in [6, 6.07) is 22.6. The number of hydrogen-bond acceptors (Lipinski definition) is 2. The van der Waals surface area contributed by atoms with Gasteiger partial charge in [0.05, 0.1) is 17.4 Å². The third-order valence-electron chi connectivity index (χ3n) is 3.99. The van der Waals surface area contributed by atoms with E-state index in [9.17, 15) is 5.26 Å². The summed E-state index contributed by atoms with van der Waals surface area (Å²) in [5, 5.41) is 11.7. The molecule has 1 aromatic heterocycles. The Kier molecular flexibility index (Phi) is 2.87. The fourth-order valence-corrected chi connectivity index (χ4v) is 2.92. The highest BCUT2D eigenvalue weighted by molar-refractivity contribution is 5.86. The Morgan fingerprint density at radius 3 is 2.68 bits per heavy atom. The Morgan fingerprint density at radius 2 is 1.77 bits per heavy atom. The van der Waals surface area contributed by atoms with Gasteiger partial charge in [-0.15, -0.1) is 0 Å². The van der Waals surface area contributed by atoms with Crippen molar-refractivity contribution in [3.8, 4) is 6.07 Å². The first-order chi connectivity index (χ1) is 10.9. The van der Waals surface area contributed by atoms with Crippen LogP contribution >= 0.6 is 0 Å². The molecule has 0 bridgehead atoms. The number of hydrogen-bond donors (Lipinski definition) is 0. The van der Waals surface area contributed by atoms with E-state index in [4.69, 9.17) is 0 Å². The van der Waals surface area contributed by atoms with Crippen molar-refractivity contribution in [2.24, 2.45) is 0 Å². The van der Waals surface area contributed by atoms with Crippen LogP contribution < -0.4 is 0 Å². The minimum atomic E-state index is 0.620. The van der Waals surface area contributed by atoms with Gasteiger partial charge in [0.15, 0.2) is 0 Å². The van der Waals surface area contributed by atoms with Crippen LogP contribution in [0, 0.1) is 11.3 Å². The van der Waals surface area contributed by atoms with Crippen LogP contribution in [0.2, 0.25) is 0 Å². The number of fused-ring (bicyclic) bond motifs is 2. The van der Waals surface area contributed by atoms with Crippen LogP contribution in [0.25, 0.3) is 21.8 Å². The standard InChI is InChI=1S/C19H13N3/c20-11-15-7-4-10-18-19(15)21-13-22(18)12-16-8-3-6-14-5-1-2-9-17(14)16/h1-10,13H,12H2. The molecule has 0 N–H and O–H groups in total. The number of benzene rings is 3. The lowest BCUT2D eigenvalue weighted by Gasteiger charge is -2.08. The zero-order valence-corrected chi connectivity index (χ0v) is 11.9. The van der Waals surface area contributed by atoms with Crippen LogP contribution in [-0.4, -0.2) is 9.55 Å². The average Bonchev–Trinajstić information content (AvgIpc) is 2.98. The highest BCUT2D eigenvalue weighted by atomic mass is 15.0. The molecule has 3 heteroatoms. The molecule has 0 fully saturated rings. The monoisotopic (exact) mass is 283 g/mol. The maximum absolute atomic E-state index is 9.18. The molecule has 0 saturated carbocycles. The molecule has 0 amide bonds. The normalized spacial score (nSPS) is 10.9. The zero-order chi connectivity index (χ0) is 14.9. The molecule has 22 heavy (non-hydrogen) atoms. The molecule has 4 aromatic rings. The lowest BCUT2D eigenvalue weighted by Crippen LogP contribution is -1.98. The summed E-state index contributed by atoms with van der Waals surface area (Å²) in [5.74, 6) is 0. The molecule has 0 aliphatic carbocycles. The van der Waals surface area contributed by atoms with Gasteiger partial charge in [0.2, 0.25) is 0 Å². The van der Waals surface area contributed by atoms with Crippen molar-refractivity contribution in [1.29, 1.82) is 5.26 Å². The fourth-order valence-electron chi connectivity index (χ4n) is 2.92. The van der Waals surface area contributed by atoms with Gasteiger partial charge in [0, 0.05) is 6.54 Å². The van der Waals surface area contributed by atoms with Gasteiger partial charge < -0.3 is 4.57 Å². The molecule has 1 heterocycles. The average molecular weight is 283 g/mol. The highest BCUT2D eigenvalue weighted by Gasteiger charge is 2.08. The van der Waals surface area contributed by atoms with Gasteiger partial charge in [-0.2, -0.15) is 5.26 Å². The molecule has 3 aromatic carbocycles. The second kappa shape index (κ2) is 5.01. The van der Waals surface area contributed by atoms with E-state index in [1.807, 2.05) is 18.5 Å². The molecule has 4 rings (SSSR count). The first-order valence-electron chi connectivity index (χ1n) is 7.17. The number of para-hydroxylation sites is 1. The quantitative estimate of drug-likeness (QED) is 0.555. The Bertz CT molecular complexity index is 1020. The lowest BCUT2D eigenvalue weighted by atomic mass is 10.0. The molecule has 0 spiro atoms. The van der Waals surface area contributed by atoms with Crippen LogP contribution in [-0.2, 0) is 6.54 Å². The molecule has 0 radical (unpaired) electrons. The SMILES string of the molecule is N#Cc1cccc2c1ncn2Cc1cccc2ccccc12. The summed E-state index contributed by atoms with van der Waals surface area (Å²) < 4.78 is 2.10. The first-order valence-corrected chi connectivity index (χ1v) is 7.17. The molecule has 0 saturated heterocycles. The van der Waals surface area contributed by atoms with Gasteiger partial charge in [0.25, 0.3) is 0 Å². The summed E-state index contributed by atoms with van der Waals surface area (Å²) >= 11 is 0. The third kappa shape index (κ3) is 1.94. The fraction of sp³-hybridized carbons (Fsp3) is 0.0526. The largest absolute Gasteiger partial charge is 0.326 e. The van der Waals surface area contributed by atoms with E-state index in [1.165, 1.54) is 16.3 Å². The molecule has 0 unspecified atom stereocenters. The summed E-state index contributed by atoms with van der Waals surface area (Å²) in [4.78, 5) is 4.41. The van der Waals surface area contributed by atoms with Crippen molar-refractivity contribution in [2.45, 2.75) is 6.54 Å². The van der Waals surface area contributed by atoms with Crippen molar-refractivity contribution in [3.63, 3.8) is 0 Å². The smallest absolute Gasteiger partial charge is 0.106 e. The number of nitriles is 1. The maximum Gasteiger partial charge on any atom is 0.106 e. The van der Waals surface area contributed by atoms with Crippen molar-refractivity contribution < 1.29 is 0 Å². The Morgan fingerprint density at radius 1 is 0.955 bits per heavy atom. The van der Waals surface area contributed by atoms with Gasteiger partial charge in [-0.3, -0.25) is 0 Å². The third-order valence-corrected chi connectivity index (χ3v) is 3.99. The molecule has 104 valence electrons. The predicted molar refractivity (Wildman–Crippen MR) is 87.5 cm³/mol. The van der Waals surface area contributed by atoms with Crippen molar-refractivity contribution in [3.05, 3.63) is 78.1 Å². The minimum absolute atomic E-state index is 0.620. The lowest BCUT2D eigenvalue weighted by molar-refractivity contribution is 0.830. The highest BCUT2D eigenvalue weighted by Crippen LogP contribution is 2.22. The van der Waals surface area contributed by atoms with E-state index in [0.29, 0.717) is 5.56 Å². The number of rotatable bonds is 2. The topological polar surface area (TPSA) is 41.6 Å². The van der Waals surface area contributed by atoms with Crippen LogP contribution in [0.4, 0.5) is 0 Å². The van der Waals surface area contributed by atoms with Crippen LogP contribution in [0.1, 0.15) is 11.1 Å². The number of nitrogens with zero attached hydrogens (tertiary/aromatic N) is 3. The number of aromatic nitrogens is 2. The van der Waals surface area contributed by atoms with Crippen LogP contribution in [0.5, 0.6) is 0 Å². The van der Waals surface area contributed by atoms with Gasteiger partial charge >= 0.3 is 0 Å². The Labute approximate surface area is 128 Å². The number of imidazole rings is 1. The predicted octanol–water partition coefficient (Wildman–Crippen LogP) is 4.11. The zero-order valence-electron chi connectivity index (χ0n) is 11.9. The summed E-state index contributed by atoms with van der Waals surface area (Å²) in [6.07, 6.45) is 1.81. The second-order valence-electron chi connectivity index (χ2n) is 5.30. The van der Waals surface area contributed by atoms with E-state index >= 15 is 0 Å². The molecular formula is C19H13N3. The Balaban J connectivity index is 1.85. The van der Waals surface area contributed by atoms with E-state index in [-0.39, 0.29) is 0 Å². The van der Waals surface area contributed by atoms with Crippen LogP contribution in [0.3, 0.4) is 0 Å². The van der Waals surface area contributed by atoms with Gasteiger partial charge in [0.1, 0.15) is 11.6 Å². The van der Waals surface area contributed by atoms with E-state index in [2.05, 4.69) is 58.1 Å². The molecule has 0 atom stereocenters. The molecular weight excluding hydrogens is 270 g/mol.